The number of hydrogen-bond donors (Lipinski definition) is 1. The molecule has 1 amide bonds. The van der Waals surface area contributed by atoms with E-state index in [-0.39, 0.29) is 10.7 Å². The number of rotatable bonds is 1. The number of halogens is 1. The fraction of sp³-hybridized carbons (Fsp3) is 0.533. The minimum atomic E-state index is -0.419. The predicted octanol–water partition coefficient (Wildman–Crippen LogP) is 3.07. The molecule has 0 unspecified atom stereocenters. The van der Waals surface area contributed by atoms with Gasteiger partial charge in [-0.25, -0.2) is 4.39 Å². The monoisotopic (exact) mass is 296 g/mol. The lowest BCUT2D eigenvalue weighted by atomic mass is 10.1. The van der Waals surface area contributed by atoms with Crippen LogP contribution in [0, 0.1) is 12.7 Å². The summed E-state index contributed by atoms with van der Waals surface area (Å²) in [7, 11) is 0. The number of amides is 1. The van der Waals surface area contributed by atoms with Crippen LogP contribution in [-0.4, -0.2) is 34.4 Å². The predicted molar refractivity (Wildman–Crippen MR) is 82.6 cm³/mol. The molecule has 1 aliphatic heterocycles. The molecule has 0 radical (unpaired) electrons. The van der Waals surface area contributed by atoms with Crippen LogP contribution in [0.1, 0.15) is 36.2 Å². The van der Waals surface area contributed by atoms with Gasteiger partial charge in [-0.3, -0.25) is 4.79 Å². The van der Waals surface area contributed by atoms with E-state index >= 15 is 0 Å². The van der Waals surface area contributed by atoms with Gasteiger partial charge in [-0.15, -0.1) is 0 Å². The molecule has 1 saturated heterocycles. The van der Waals surface area contributed by atoms with Crippen molar-refractivity contribution in [3.8, 4) is 0 Å². The zero-order valence-electron chi connectivity index (χ0n) is 12.2. The third-order valence-corrected chi connectivity index (χ3v) is 5.13. The van der Waals surface area contributed by atoms with Gasteiger partial charge in [0.15, 0.2) is 0 Å². The number of thioether (sulfide) groups is 1. The van der Waals surface area contributed by atoms with Crippen molar-refractivity contribution in [2.24, 2.45) is 0 Å². The van der Waals surface area contributed by atoms with Crippen LogP contribution in [0.2, 0.25) is 0 Å². The first-order chi connectivity index (χ1) is 9.30. The molecule has 0 bridgehead atoms. The van der Waals surface area contributed by atoms with Gasteiger partial charge in [-0.1, -0.05) is 13.8 Å². The second-order valence-electron chi connectivity index (χ2n) is 5.82. The molecule has 2 N–H and O–H groups in total. The van der Waals surface area contributed by atoms with Crippen LogP contribution < -0.4 is 5.73 Å². The second kappa shape index (κ2) is 5.64. The Morgan fingerprint density at radius 2 is 2.10 bits per heavy atom. The van der Waals surface area contributed by atoms with Gasteiger partial charge in [-0.05, 0) is 25.5 Å². The topological polar surface area (TPSA) is 46.3 Å². The Kier molecular flexibility index (Phi) is 4.28. The second-order valence-corrected chi connectivity index (χ2v) is 7.62. The van der Waals surface area contributed by atoms with Crippen LogP contribution in [0.3, 0.4) is 0 Å². The Labute approximate surface area is 123 Å². The van der Waals surface area contributed by atoms with E-state index in [9.17, 15) is 9.18 Å². The Bertz CT molecular complexity index is 508. The van der Waals surface area contributed by atoms with Crippen molar-refractivity contribution in [2.45, 2.75) is 31.9 Å². The van der Waals surface area contributed by atoms with Crippen LogP contribution in [0.5, 0.6) is 0 Å². The number of nitrogens with zero attached hydrogens (tertiary/aromatic N) is 1. The molecular formula is C15H21FN2OS. The van der Waals surface area contributed by atoms with Crippen molar-refractivity contribution in [1.82, 2.24) is 4.90 Å². The first-order valence-electron chi connectivity index (χ1n) is 6.79. The summed E-state index contributed by atoms with van der Waals surface area (Å²) in [6.45, 7) is 7.39. The third-order valence-electron chi connectivity index (χ3n) is 3.76. The molecule has 1 aliphatic rings. The zero-order chi connectivity index (χ0) is 14.9. The number of nitrogens with two attached hydrogens (primary N) is 1. The maximum Gasteiger partial charge on any atom is 0.254 e. The van der Waals surface area contributed by atoms with Crippen LogP contribution in [0.25, 0.3) is 0 Å². The zero-order valence-corrected chi connectivity index (χ0v) is 13.0. The summed E-state index contributed by atoms with van der Waals surface area (Å²) in [6.07, 6.45) is 0.938. The molecule has 20 heavy (non-hydrogen) atoms. The minimum absolute atomic E-state index is 0.131. The van der Waals surface area contributed by atoms with E-state index in [1.165, 1.54) is 6.07 Å². The maximum absolute atomic E-state index is 13.7. The lowest BCUT2D eigenvalue weighted by molar-refractivity contribution is 0.0764. The first kappa shape index (κ1) is 15.2. The van der Waals surface area contributed by atoms with Gasteiger partial charge in [0.1, 0.15) is 5.82 Å². The van der Waals surface area contributed by atoms with Crippen molar-refractivity contribution in [3.63, 3.8) is 0 Å². The van der Waals surface area contributed by atoms with Gasteiger partial charge in [-0.2, -0.15) is 11.8 Å². The Morgan fingerprint density at radius 3 is 2.75 bits per heavy atom. The highest BCUT2D eigenvalue weighted by molar-refractivity contribution is 8.00. The molecule has 110 valence electrons. The molecule has 1 aromatic carbocycles. The Balaban J connectivity index is 2.19. The molecule has 5 heteroatoms. The lowest BCUT2D eigenvalue weighted by Gasteiger charge is -2.23. The van der Waals surface area contributed by atoms with Gasteiger partial charge in [0, 0.05) is 40.4 Å². The number of carbonyl (C=O) groups excluding carboxylic acids is 1. The number of benzene rings is 1. The van der Waals surface area contributed by atoms with E-state index in [0.29, 0.717) is 29.9 Å². The van der Waals surface area contributed by atoms with Crippen molar-refractivity contribution in [2.75, 3.05) is 24.6 Å². The smallest absolute Gasteiger partial charge is 0.254 e. The van der Waals surface area contributed by atoms with Crippen molar-refractivity contribution >= 4 is 23.4 Å². The van der Waals surface area contributed by atoms with Gasteiger partial charge in [0.05, 0.1) is 0 Å². The summed E-state index contributed by atoms with van der Waals surface area (Å²) in [5, 5.41) is 0. The minimum Gasteiger partial charge on any atom is -0.398 e. The van der Waals surface area contributed by atoms with Crippen LogP contribution in [0.4, 0.5) is 10.1 Å². The molecule has 0 aliphatic carbocycles. The summed E-state index contributed by atoms with van der Waals surface area (Å²) >= 11 is 1.87. The number of carbonyl (C=O) groups is 1. The summed E-state index contributed by atoms with van der Waals surface area (Å²) < 4.78 is 13.9. The number of nitrogen functional groups attached to an aromatic ring is 1. The fourth-order valence-electron chi connectivity index (χ4n) is 2.23. The molecule has 0 aromatic heterocycles. The highest BCUT2D eigenvalue weighted by Crippen LogP contribution is 2.31. The van der Waals surface area contributed by atoms with Gasteiger partial charge in [0.2, 0.25) is 0 Å². The van der Waals surface area contributed by atoms with Crippen LogP contribution >= 0.6 is 11.8 Å². The van der Waals surface area contributed by atoms with E-state index in [2.05, 4.69) is 13.8 Å². The van der Waals surface area contributed by atoms with Crippen molar-refractivity contribution in [3.05, 3.63) is 29.1 Å². The summed E-state index contributed by atoms with van der Waals surface area (Å²) in [6, 6.07) is 2.86. The van der Waals surface area contributed by atoms with Crippen LogP contribution in [0.15, 0.2) is 12.1 Å². The van der Waals surface area contributed by atoms with E-state index in [1.807, 2.05) is 11.8 Å². The molecule has 0 atom stereocenters. The molecule has 0 saturated carbocycles. The van der Waals surface area contributed by atoms with E-state index in [1.54, 1.807) is 17.9 Å². The summed E-state index contributed by atoms with van der Waals surface area (Å²) in [4.78, 5) is 14.3. The normalized spacial score (nSPS) is 18.7. The van der Waals surface area contributed by atoms with E-state index in [0.717, 1.165) is 12.2 Å². The molecule has 1 aromatic rings. The fourth-order valence-corrected chi connectivity index (χ4v) is 3.33. The lowest BCUT2D eigenvalue weighted by Crippen LogP contribution is -2.33. The van der Waals surface area contributed by atoms with Crippen LogP contribution in [-0.2, 0) is 0 Å². The largest absolute Gasteiger partial charge is 0.398 e. The van der Waals surface area contributed by atoms with Crippen molar-refractivity contribution < 1.29 is 9.18 Å². The van der Waals surface area contributed by atoms with Gasteiger partial charge >= 0.3 is 0 Å². The molecular weight excluding hydrogens is 275 g/mol. The molecule has 2 rings (SSSR count). The Hall–Kier alpha value is -1.23. The molecule has 0 spiro atoms. The molecule has 1 heterocycles. The maximum atomic E-state index is 13.7. The van der Waals surface area contributed by atoms with Gasteiger partial charge < -0.3 is 10.6 Å². The summed E-state index contributed by atoms with van der Waals surface area (Å²) in [5.74, 6) is 0.356. The summed E-state index contributed by atoms with van der Waals surface area (Å²) in [5.41, 5.74) is 6.82. The third kappa shape index (κ3) is 3.26. The highest BCUT2D eigenvalue weighted by atomic mass is 32.2. The molecule has 1 fully saturated rings. The highest BCUT2D eigenvalue weighted by Gasteiger charge is 2.26. The Morgan fingerprint density at radius 1 is 1.40 bits per heavy atom. The SMILES string of the molecule is Cc1c(N)cc(C(=O)N2CCSC(C)(C)CC2)cc1F. The van der Waals surface area contributed by atoms with Gasteiger partial charge in [0.25, 0.3) is 5.91 Å². The number of anilines is 1. The van der Waals surface area contributed by atoms with Crippen molar-refractivity contribution in [1.29, 1.82) is 0 Å². The first-order valence-corrected chi connectivity index (χ1v) is 7.77. The number of hydrogen-bond acceptors (Lipinski definition) is 3. The van der Waals surface area contributed by atoms with E-state index in [4.69, 9.17) is 5.73 Å². The quantitative estimate of drug-likeness (QED) is 0.810. The average Bonchev–Trinajstić information content (AvgIpc) is 2.55. The standard InChI is InChI=1S/C15H21FN2OS/c1-10-12(16)8-11(9-13(10)17)14(19)18-5-4-15(2,3)20-7-6-18/h8-9H,4-7,17H2,1-3H3. The molecule has 3 nitrogen and oxygen atoms in total. The van der Waals surface area contributed by atoms with E-state index < -0.39 is 5.82 Å². The average molecular weight is 296 g/mol.